The highest BCUT2D eigenvalue weighted by atomic mass is 16.2. The minimum Gasteiger partial charge on any atom is -0.337 e. The van der Waals surface area contributed by atoms with Crippen LogP contribution in [0.1, 0.15) is 29.8 Å². The fraction of sp³-hybridized carbons (Fsp3) is 0.500. The van der Waals surface area contributed by atoms with Crippen molar-refractivity contribution in [3.8, 4) is 0 Å². The lowest BCUT2D eigenvalue weighted by atomic mass is 9.99. The number of hydrogen-bond acceptors (Lipinski definition) is 2. The van der Waals surface area contributed by atoms with Gasteiger partial charge in [-0.05, 0) is 18.1 Å². The molecule has 0 aromatic heterocycles. The van der Waals surface area contributed by atoms with E-state index in [9.17, 15) is 4.79 Å². The van der Waals surface area contributed by atoms with Crippen molar-refractivity contribution in [3.63, 3.8) is 0 Å². The van der Waals surface area contributed by atoms with Crippen molar-refractivity contribution in [2.45, 2.75) is 26.3 Å². The molecule has 1 amide bonds. The highest BCUT2D eigenvalue weighted by Crippen LogP contribution is 2.17. The average molecular weight is 232 g/mol. The molecule has 1 heterocycles. The zero-order valence-corrected chi connectivity index (χ0v) is 10.6. The van der Waals surface area contributed by atoms with Crippen LogP contribution in [0.3, 0.4) is 0 Å². The Hall–Kier alpha value is -1.35. The van der Waals surface area contributed by atoms with Gasteiger partial charge in [0.15, 0.2) is 0 Å². The van der Waals surface area contributed by atoms with Gasteiger partial charge < -0.3 is 10.2 Å². The molecule has 0 saturated carbocycles. The highest BCUT2D eigenvalue weighted by Gasteiger charge is 2.22. The lowest BCUT2D eigenvalue weighted by Crippen LogP contribution is -2.42. The van der Waals surface area contributed by atoms with Crippen molar-refractivity contribution in [1.82, 2.24) is 10.2 Å². The van der Waals surface area contributed by atoms with Crippen molar-refractivity contribution in [3.05, 3.63) is 35.4 Å². The van der Waals surface area contributed by atoms with E-state index in [4.69, 9.17) is 0 Å². The molecule has 0 bridgehead atoms. The molecule has 1 N–H and O–H groups in total. The summed E-state index contributed by atoms with van der Waals surface area (Å²) in [7, 11) is 0. The smallest absolute Gasteiger partial charge is 0.254 e. The van der Waals surface area contributed by atoms with Gasteiger partial charge in [0.25, 0.3) is 5.91 Å². The number of benzene rings is 1. The van der Waals surface area contributed by atoms with Crippen LogP contribution in [-0.2, 0) is 6.42 Å². The molecule has 0 atom stereocenters. The fourth-order valence-corrected chi connectivity index (χ4v) is 2.18. The third-order valence-electron chi connectivity index (χ3n) is 3.12. The molecule has 3 nitrogen and oxygen atoms in total. The minimum atomic E-state index is 0.178. The van der Waals surface area contributed by atoms with Gasteiger partial charge in [0.2, 0.25) is 0 Å². The topological polar surface area (TPSA) is 32.3 Å². The molecule has 0 unspecified atom stereocenters. The molecule has 1 aliphatic rings. The number of carbonyl (C=O) groups is 1. The van der Waals surface area contributed by atoms with Gasteiger partial charge in [-0.25, -0.2) is 0 Å². The summed E-state index contributed by atoms with van der Waals surface area (Å²) in [4.78, 5) is 14.1. The number of fused-ring (bicyclic) bond motifs is 1. The first kappa shape index (κ1) is 12.1. The standard InChI is InChI=1S/C14H20N2O/c1-11(2)15-8-10-16-9-7-12-5-3-4-6-13(12)14(16)17/h3-6,11,15H,7-10H2,1-2H3. The van der Waals surface area contributed by atoms with Crippen molar-refractivity contribution >= 4 is 5.91 Å². The van der Waals surface area contributed by atoms with E-state index in [0.717, 1.165) is 31.6 Å². The average Bonchev–Trinajstić information content (AvgIpc) is 2.32. The first-order valence-corrected chi connectivity index (χ1v) is 6.29. The van der Waals surface area contributed by atoms with E-state index in [2.05, 4.69) is 25.2 Å². The molecule has 1 aliphatic heterocycles. The second kappa shape index (κ2) is 5.32. The molecule has 1 aromatic rings. The number of rotatable bonds is 4. The van der Waals surface area contributed by atoms with E-state index in [0.29, 0.717) is 6.04 Å². The van der Waals surface area contributed by atoms with Crippen LogP contribution < -0.4 is 5.32 Å². The zero-order chi connectivity index (χ0) is 12.3. The molecular weight excluding hydrogens is 212 g/mol. The maximum Gasteiger partial charge on any atom is 0.254 e. The van der Waals surface area contributed by atoms with Crippen molar-refractivity contribution in [1.29, 1.82) is 0 Å². The van der Waals surface area contributed by atoms with Crippen molar-refractivity contribution in [2.75, 3.05) is 19.6 Å². The van der Waals surface area contributed by atoms with Crippen LogP contribution in [0, 0.1) is 0 Å². The minimum absolute atomic E-state index is 0.178. The number of hydrogen-bond donors (Lipinski definition) is 1. The van der Waals surface area contributed by atoms with Gasteiger partial charge in [-0.2, -0.15) is 0 Å². The summed E-state index contributed by atoms with van der Waals surface area (Å²) < 4.78 is 0. The molecular formula is C14H20N2O. The van der Waals surface area contributed by atoms with Gasteiger partial charge in [-0.3, -0.25) is 4.79 Å². The first-order chi connectivity index (χ1) is 8.18. The molecule has 92 valence electrons. The van der Waals surface area contributed by atoms with Crippen LogP contribution in [0.15, 0.2) is 24.3 Å². The van der Waals surface area contributed by atoms with Crippen LogP contribution in [0.25, 0.3) is 0 Å². The fourth-order valence-electron chi connectivity index (χ4n) is 2.18. The number of nitrogens with one attached hydrogen (secondary N) is 1. The van der Waals surface area contributed by atoms with Gasteiger partial charge in [-0.1, -0.05) is 32.0 Å². The van der Waals surface area contributed by atoms with Crippen LogP contribution in [-0.4, -0.2) is 36.5 Å². The first-order valence-electron chi connectivity index (χ1n) is 6.29. The highest BCUT2D eigenvalue weighted by molar-refractivity contribution is 5.96. The van der Waals surface area contributed by atoms with Gasteiger partial charge in [-0.15, -0.1) is 0 Å². The summed E-state index contributed by atoms with van der Waals surface area (Å²) in [6.45, 7) is 6.74. The predicted molar refractivity (Wildman–Crippen MR) is 69.2 cm³/mol. The lowest BCUT2D eigenvalue weighted by molar-refractivity contribution is 0.0740. The molecule has 0 fully saturated rings. The summed E-state index contributed by atoms with van der Waals surface area (Å²) in [5.41, 5.74) is 2.06. The number of carbonyl (C=O) groups excluding carboxylic acids is 1. The largest absolute Gasteiger partial charge is 0.337 e. The van der Waals surface area contributed by atoms with E-state index in [-0.39, 0.29) is 5.91 Å². The molecule has 0 saturated heterocycles. The van der Waals surface area contributed by atoms with Crippen LogP contribution in [0.2, 0.25) is 0 Å². The van der Waals surface area contributed by atoms with E-state index in [1.54, 1.807) is 0 Å². The zero-order valence-electron chi connectivity index (χ0n) is 10.6. The summed E-state index contributed by atoms with van der Waals surface area (Å²) in [6, 6.07) is 8.40. The normalized spacial score (nSPS) is 15.2. The molecule has 0 spiro atoms. The Labute approximate surface area is 103 Å². The third-order valence-corrected chi connectivity index (χ3v) is 3.12. The van der Waals surface area contributed by atoms with Crippen LogP contribution in [0.5, 0.6) is 0 Å². The Kier molecular flexibility index (Phi) is 3.79. The maximum absolute atomic E-state index is 12.2. The van der Waals surface area contributed by atoms with E-state index in [1.807, 2.05) is 23.1 Å². The third kappa shape index (κ3) is 2.86. The van der Waals surface area contributed by atoms with Gasteiger partial charge in [0.1, 0.15) is 0 Å². The molecule has 0 aliphatic carbocycles. The van der Waals surface area contributed by atoms with Gasteiger partial charge in [0, 0.05) is 31.2 Å². The second-order valence-corrected chi connectivity index (χ2v) is 4.81. The van der Waals surface area contributed by atoms with Crippen LogP contribution in [0.4, 0.5) is 0 Å². The summed E-state index contributed by atoms with van der Waals surface area (Å²) in [5.74, 6) is 0.178. The lowest BCUT2D eigenvalue weighted by Gasteiger charge is -2.28. The quantitative estimate of drug-likeness (QED) is 0.856. The molecule has 0 radical (unpaired) electrons. The summed E-state index contributed by atoms with van der Waals surface area (Å²) in [6.07, 6.45) is 0.976. The van der Waals surface area contributed by atoms with Crippen molar-refractivity contribution in [2.24, 2.45) is 0 Å². The molecule has 17 heavy (non-hydrogen) atoms. The van der Waals surface area contributed by atoms with E-state index >= 15 is 0 Å². The van der Waals surface area contributed by atoms with Gasteiger partial charge >= 0.3 is 0 Å². The molecule has 2 rings (SSSR count). The number of amides is 1. The SMILES string of the molecule is CC(C)NCCN1CCc2ccccc2C1=O. The Morgan fingerprint density at radius 2 is 2.12 bits per heavy atom. The molecule has 1 aromatic carbocycles. The predicted octanol–water partition coefficient (Wildman–Crippen LogP) is 1.68. The van der Waals surface area contributed by atoms with Crippen LogP contribution >= 0.6 is 0 Å². The Morgan fingerprint density at radius 3 is 2.88 bits per heavy atom. The summed E-state index contributed by atoms with van der Waals surface area (Å²) >= 11 is 0. The monoisotopic (exact) mass is 232 g/mol. The summed E-state index contributed by atoms with van der Waals surface area (Å²) in [5, 5.41) is 3.34. The second-order valence-electron chi connectivity index (χ2n) is 4.81. The van der Waals surface area contributed by atoms with Gasteiger partial charge in [0.05, 0.1) is 0 Å². The maximum atomic E-state index is 12.2. The number of nitrogens with zero attached hydrogens (tertiary/aromatic N) is 1. The van der Waals surface area contributed by atoms with E-state index in [1.165, 1.54) is 5.56 Å². The Bertz CT molecular complexity index is 401. The Morgan fingerprint density at radius 1 is 1.35 bits per heavy atom. The molecule has 3 heteroatoms. The van der Waals surface area contributed by atoms with E-state index < -0.39 is 0 Å². The Balaban J connectivity index is 1.98. The van der Waals surface area contributed by atoms with Crippen molar-refractivity contribution < 1.29 is 4.79 Å².